The number of anilines is 1. The molecule has 0 spiro atoms. The van der Waals surface area contributed by atoms with Gasteiger partial charge in [0.1, 0.15) is 0 Å². The minimum Gasteiger partial charge on any atom is -0.394 e. The Kier molecular flexibility index (Phi) is 3.78. The molecule has 2 rings (SSSR count). The zero-order valence-corrected chi connectivity index (χ0v) is 10.7. The molecule has 2 atom stereocenters. The molecule has 0 aromatic carbocycles. The zero-order valence-electron chi connectivity index (χ0n) is 9.14. The second-order valence-corrected chi connectivity index (χ2v) is 4.92. The molecular formula is C11H15BrN2O2. The van der Waals surface area contributed by atoms with Crippen molar-refractivity contribution in [2.24, 2.45) is 0 Å². The number of pyridine rings is 1. The maximum Gasteiger partial charge on any atom is 0.0981 e. The Hall–Kier alpha value is -0.650. The highest BCUT2D eigenvalue weighted by atomic mass is 79.9. The molecule has 2 heterocycles. The van der Waals surface area contributed by atoms with E-state index in [0.717, 1.165) is 10.2 Å². The van der Waals surface area contributed by atoms with Gasteiger partial charge in [0, 0.05) is 23.3 Å². The van der Waals surface area contributed by atoms with E-state index < -0.39 is 0 Å². The highest BCUT2D eigenvalue weighted by Gasteiger charge is 2.25. The van der Waals surface area contributed by atoms with Crippen molar-refractivity contribution < 1.29 is 9.84 Å². The Morgan fingerprint density at radius 2 is 2.44 bits per heavy atom. The SMILES string of the molecule is CC1COC(CO)CN1c1cncc(Br)c1. The Labute approximate surface area is 103 Å². The summed E-state index contributed by atoms with van der Waals surface area (Å²) in [6, 6.07) is 2.34. The molecule has 4 nitrogen and oxygen atoms in total. The highest BCUT2D eigenvalue weighted by molar-refractivity contribution is 9.10. The van der Waals surface area contributed by atoms with Crippen LogP contribution in [-0.4, -0.2) is 42.0 Å². The van der Waals surface area contributed by atoms with Crippen molar-refractivity contribution >= 4 is 21.6 Å². The van der Waals surface area contributed by atoms with Crippen molar-refractivity contribution in [2.75, 3.05) is 24.7 Å². The number of nitrogens with zero attached hydrogens (tertiary/aromatic N) is 2. The van der Waals surface area contributed by atoms with Crippen LogP contribution in [0.3, 0.4) is 0 Å². The van der Waals surface area contributed by atoms with Crippen molar-refractivity contribution in [2.45, 2.75) is 19.1 Å². The lowest BCUT2D eigenvalue weighted by atomic mass is 10.2. The number of morpholine rings is 1. The summed E-state index contributed by atoms with van der Waals surface area (Å²) in [5, 5.41) is 9.12. The summed E-state index contributed by atoms with van der Waals surface area (Å²) in [6.07, 6.45) is 3.49. The molecule has 5 heteroatoms. The minimum atomic E-state index is -0.102. The molecule has 0 amide bonds. The second-order valence-electron chi connectivity index (χ2n) is 4.00. The summed E-state index contributed by atoms with van der Waals surface area (Å²) in [4.78, 5) is 6.36. The van der Waals surface area contributed by atoms with E-state index in [1.54, 1.807) is 6.20 Å². The molecule has 1 fully saturated rings. The Balaban J connectivity index is 2.17. The molecule has 88 valence electrons. The summed E-state index contributed by atoms with van der Waals surface area (Å²) in [7, 11) is 0. The van der Waals surface area contributed by atoms with Gasteiger partial charge in [0.15, 0.2) is 0 Å². The van der Waals surface area contributed by atoms with Crippen molar-refractivity contribution in [3.8, 4) is 0 Å². The minimum absolute atomic E-state index is 0.0602. The number of aromatic nitrogens is 1. The monoisotopic (exact) mass is 286 g/mol. The van der Waals surface area contributed by atoms with Gasteiger partial charge in [-0.1, -0.05) is 0 Å². The van der Waals surface area contributed by atoms with Gasteiger partial charge in [0.25, 0.3) is 0 Å². The molecule has 0 aliphatic carbocycles. The fourth-order valence-corrected chi connectivity index (χ4v) is 2.20. The van der Waals surface area contributed by atoms with Crippen LogP contribution < -0.4 is 4.90 Å². The Bertz CT molecular complexity index is 362. The van der Waals surface area contributed by atoms with E-state index in [1.807, 2.05) is 12.3 Å². The van der Waals surface area contributed by atoms with E-state index in [1.165, 1.54) is 0 Å². The molecule has 1 aromatic rings. The quantitative estimate of drug-likeness (QED) is 0.894. The van der Waals surface area contributed by atoms with Gasteiger partial charge < -0.3 is 14.7 Å². The Morgan fingerprint density at radius 3 is 3.12 bits per heavy atom. The van der Waals surface area contributed by atoms with Gasteiger partial charge in [-0.3, -0.25) is 4.98 Å². The third-order valence-corrected chi connectivity index (χ3v) is 3.16. The van der Waals surface area contributed by atoms with E-state index in [-0.39, 0.29) is 12.7 Å². The average molecular weight is 287 g/mol. The first-order valence-electron chi connectivity index (χ1n) is 5.30. The molecule has 16 heavy (non-hydrogen) atoms. The number of aliphatic hydroxyl groups is 1. The van der Waals surface area contributed by atoms with Crippen LogP contribution in [0.1, 0.15) is 6.92 Å². The third-order valence-electron chi connectivity index (χ3n) is 2.73. The first-order chi connectivity index (χ1) is 7.70. The first kappa shape index (κ1) is 11.8. The summed E-state index contributed by atoms with van der Waals surface area (Å²) in [5.74, 6) is 0. The number of hydrogen-bond donors (Lipinski definition) is 1. The van der Waals surface area contributed by atoms with Gasteiger partial charge in [-0.15, -0.1) is 0 Å². The third kappa shape index (κ3) is 2.53. The van der Waals surface area contributed by atoms with Gasteiger partial charge >= 0.3 is 0 Å². The van der Waals surface area contributed by atoms with Gasteiger partial charge in [-0.05, 0) is 28.9 Å². The molecule has 1 saturated heterocycles. The lowest BCUT2D eigenvalue weighted by Crippen LogP contribution is -2.49. The van der Waals surface area contributed by atoms with E-state index in [2.05, 4.69) is 32.7 Å². The zero-order chi connectivity index (χ0) is 11.5. The number of hydrogen-bond acceptors (Lipinski definition) is 4. The maximum atomic E-state index is 9.12. The maximum absolute atomic E-state index is 9.12. The average Bonchev–Trinajstić information content (AvgIpc) is 2.30. The van der Waals surface area contributed by atoms with Gasteiger partial charge in [0.2, 0.25) is 0 Å². The smallest absolute Gasteiger partial charge is 0.0981 e. The molecule has 2 unspecified atom stereocenters. The normalized spacial score (nSPS) is 25.8. The molecule has 1 aromatic heterocycles. The fourth-order valence-electron chi connectivity index (χ4n) is 1.85. The van der Waals surface area contributed by atoms with Crippen LogP contribution in [0.2, 0.25) is 0 Å². The summed E-state index contributed by atoms with van der Waals surface area (Å²) < 4.78 is 6.46. The van der Waals surface area contributed by atoms with Crippen LogP contribution in [0.25, 0.3) is 0 Å². The highest BCUT2D eigenvalue weighted by Crippen LogP contribution is 2.23. The van der Waals surface area contributed by atoms with Gasteiger partial charge in [-0.2, -0.15) is 0 Å². The van der Waals surface area contributed by atoms with Gasteiger partial charge in [-0.25, -0.2) is 0 Å². The predicted molar refractivity (Wildman–Crippen MR) is 65.6 cm³/mol. The topological polar surface area (TPSA) is 45.6 Å². The molecule has 0 radical (unpaired) electrons. The van der Waals surface area contributed by atoms with Crippen LogP contribution in [0.15, 0.2) is 22.9 Å². The predicted octanol–water partition coefficient (Wildman–Crippen LogP) is 1.43. The van der Waals surface area contributed by atoms with Crippen LogP contribution in [0, 0.1) is 0 Å². The summed E-state index contributed by atoms with van der Waals surface area (Å²) in [6.45, 7) is 3.51. The summed E-state index contributed by atoms with van der Waals surface area (Å²) >= 11 is 3.41. The van der Waals surface area contributed by atoms with E-state index in [9.17, 15) is 0 Å². The standard InChI is InChI=1S/C11H15BrN2O2/c1-8-7-16-11(6-15)5-14(8)10-2-9(12)3-13-4-10/h2-4,8,11,15H,5-7H2,1H3. The molecular weight excluding hydrogens is 272 g/mol. The molecule has 1 N–H and O–H groups in total. The number of ether oxygens (including phenoxy) is 1. The molecule has 0 saturated carbocycles. The second kappa shape index (κ2) is 5.12. The molecule has 0 bridgehead atoms. The Morgan fingerprint density at radius 1 is 1.62 bits per heavy atom. The lowest BCUT2D eigenvalue weighted by molar-refractivity contribution is -0.0103. The van der Waals surface area contributed by atoms with Crippen LogP contribution in [0.4, 0.5) is 5.69 Å². The van der Waals surface area contributed by atoms with Crippen molar-refractivity contribution in [1.29, 1.82) is 0 Å². The molecule has 1 aliphatic rings. The van der Waals surface area contributed by atoms with E-state index >= 15 is 0 Å². The van der Waals surface area contributed by atoms with Crippen LogP contribution in [-0.2, 0) is 4.74 Å². The number of rotatable bonds is 2. The number of aliphatic hydroxyl groups excluding tert-OH is 1. The number of halogens is 1. The summed E-state index contributed by atoms with van der Waals surface area (Å²) in [5.41, 5.74) is 1.06. The van der Waals surface area contributed by atoms with Gasteiger partial charge in [0.05, 0.1) is 31.2 Å². The molecule has 1 aliphatic heterocycles. The van der Waals surface area contributed by atoms with E-state index in [4.69, 9.17) is 9.84 Å². The lowest BCUT2D eigenvalue weighted by Gasteiger charge is -2.38. The van der Waals surface area contributed by atoms with Crippen LogP contribution in [0.5, 0.6) is 0 Å². The van der Waals surface area contributed by atoms with Crippen molar-refractivity contribution in [3.05, 3.63) is 22.9 Å². The van der Waals surface area contributed by atoms with Crippen LogP contribution >= 0.6 is 15.9 Å². The largest absolute Gasteiger partial charge is 0.394 e. The van der Waals surface area contributed by atoms with E-state index in [0.29, 0.717) is 19.2 Å². The van der Waals surface area contributed by atoms with Crippen molar-refractivity contribution in [3.63, 3.8) is 0 Å². The fraction of sp³-hybridized carbons (Fsp3) is 0.545. The van der Waals surface area contributed by atoms with Crippen molar-refractivity contribution in [1.82, 2.24) is 4.98 Å². The first-order valence-corrected chi connectivity index (χ1v) is 6.09.